The van der Waals surface area contributed by atoms with Crippen LogP contribution >= 0.6 is 0 Å². The second kappa shape index (κ2) is 8.04. The number of hydrogen-bond acceptors (Lipinski definition) is 4. The lowest BCUT2D eigenvalue weighted by Crippen LogP contribution is -2.44. The highest BCUT2D eigenvalue weighted by Gasteiger charge is 2.47. The lowest BCUT2D eigenvalue weighted by molar-refractivity contribution is 0.138. The standard InChI is InChI=1S/C21H27N3O4S/c1-15-6-12-19(13-7-15)29(26,27)23-14-16(2)24(21(25)22(3)4)20(23)17-8-10-18(28-5)11-9-17/h6-13,16,20H,14H2,1-5H3/t16-,20+/m1/s1. The number of sulfonamides is 1. The third-order valence-corrected chi connectivity index (χ3v) is 6.93. The lowest BCUT2D eigenvalue weighted by Gasteiger charge is -2.33. The highest BCUT2D eigenvalue weighted by atomic mass is 32.2. The summed E-state index contributed by atoms with van der Waals surface area (Å²) in [5, 5.41) is 0. The molecular formula is C21H27N3O4S. The van der Waals surface area contributed by atoms with E-state index in [1.165, 1.54) is 9.21 Å². The highest BCUT2D eigenvalue weighted by molar-refractivity contribution is 7.89. The fraction of sp³-hybridized carbons (Fsp3) is 0.381. The van der Waals surface area contributed by atoms with Gasteiger partial charge in [0.25, 0.3) is 0 Å². The zero-order valence-corrected chi connectivity index (χ0v) is 18.2. The summed E-state index contributed by atoms with van der Waals surface area (Å²) < 4.78 is 33.6. The Kier molecular flexibility index (Phi) is 5.86. The Morgan fingerprint density at radius 1 is 1.07 bits per heavy atom. The van der Waals surface area contributed by atoms with Gasteiger partial charge >= 0.3 is 6.03 Å². The number of amides is 2. The van der Waals surface area contributed by atoms with Gasteiger partial charge in [-0.3, -0.25) is 4.90 Å². The van der Waals surface area contributed by atoms with Crippen molar-refractivity contribution in [3.8, 4) is 5.75 Å². The normalized spacial score (nSPS) is 20.0. The van der Waals surface area contributed by atoms with Crippen molar-refractivity contribution in [1.29, 1.82) is 0 Å². The largest absolute Gasteiger partial charge is 0.497 e. The molecule has 2 aromatic carbocycles. The third kappa shape index (κ3) is 3.95. The van der Waals surface area contributed by atoms with Gasteiger partial charge in [-0.25, -0.2) is 13.2 Å². The van der Waals surface area contributed by atoms with Crippen LogP contribution < -0.4 is 4.74 Å². The van der Waals surface area contributed by atoms with E-state index >= 15 is 0 Å². The number of rotatable bonds is 4. The molecule has 2 aromatic rings. The number of hydrogen-bond donors (Lipinski definition) is 0. The van der Waals surface area contributed by atoms with Gasteiger partial charge in [0.1, 0.15) is 11.9 Å². The van der Waals surface area contributed by atoms with Gasteiger partial charge in [-0.1, -0.05) is 29.8 Å². The summed E-state index contributed by atoms with van der Waals surface area (Å²) in [4.78, 5) is 16.2. The van der Waals surface area contributed by atoms with Gasteiger partial charge < -0.3 is 9.64 Å². The van der Waals surface area contributed by atoms with E-state index in [2.05, 4.69) is 0 Å². The van der Waals surface area contributed by atoms with Crippen LogP contribution in [0.4, 0.5) is 4.79 Å². The van der Waals surface area contributed by atoms with E-state index in [0.717, 1.165) is 5.56 Å². The minimum atomic E-state index is -3.80. The first-order valence-corrected chi connectivity index (χ1v) is 10.8. The number of carbonyl (C=O) groups excluding carboxylic acids is 1. The Morgan fingerprint density at radius 2 is 1.66 bits per heavy atom. The van der Waals surface area contributed by atoms with Crippen LogP contribution in [0, 0.1) is 6.92 Å². The number of aryl methyl sites for hydroxylation is 1. The van der Waals surface area contributed by atoms with Crippen LogP contribution in [0.5, 0.6) is 5.75 Å². The topological polar surface area (TPSA) is 70.2 Å². The SMILES string of the molecule is COc1ccc([C@@H]2N(C(=O)N(C)C)[C@H](C)CN2S(=O)(=O)c2ccc(C)cc2)cc1. The molecule has 1 saturated heterocycles. The summed E-state index contributed by atoms with van der Waals surface area (Å²) in [6, 6.07) is 13.4. The predicted octanol–water partition coefficient (Wildman–Crippen LogP) is 3.08. The van der Waals surface area contributed by atoms with E-state index in [1.54, 1.807) is 74.6 Å². The first-order chi connectivity index (χ1) is 13.7. The van der Waals surface area contributed by atoms with Crippen molar-refractivity contribution >= 4 is 16.1 Å². The molecule has 2 amide bonds. The molecule has 8 heteroatoms. The van der Waals surface area contributed by atoms with Crippen LogP contribution in [-0.4, -0.2) is 62.3 Å². The van der Waals surface area contributed by atoms with Gasteiger partial charge in [-0.05, 0) is 43.7 Å². The van der Waals surface area contributed by atoms with Crippen molar-refractivity contribution in [2.75, 3.05) is 27.7 Å². The van der Waals surface area contributed by atoms with Gasteiger partial charge in [0.15, 0.2) is 0 Å². The molecule has 3 rings (SSSR count). The van der Waals surface area contributed by atoms with Crippen molar-refractivity contribution in [2.45, 2.75) is 31.0 Å². The minimum Gasteiger partial charge on any atom is -0.497 e. The maximum atomic E-state index is 13.5. The number of carbonyl (C=O) groups is 1. The average Bonchev–Trinajstić information content (AvgIpc) is 3.05. The number of methoxy groups -OCH3 is 1. The van der Waals surface area contributed by atoms with Gasteiger partial charge in [0.05, 0.1) is 12.0 Å². The van der Waals surface area contributed by atoms with Gasteiger partial charge in [0.2, 0.25) is 10.0 Å². The number of ether oxygens (including phenoxy) is 1. The van der Waals surface area contributed by atoms with Crippen LogP contribution in [0.25, 0.3) is 0 Å². The molecule has 1 heterocycles. The summed E-state index contributed by atoms with van der Waals surface area (Å²) in [6.07, 6.45) is -0.739. The Balaban J connectivity index is 2.10. The molecule has 7 nitrogen and oxygen atoms in total. The van der Waals surface area contributed by atoms with Crippen LogP contribution in [0.1, 0.15) is 24.2 Å². The van der Waals surface area contributed by atoms with Gasteiger partial charge in [-0.2, -0.15) is 4.31 Å². The van der Waals surface area contributed by atoms with Crippen molar-refractivity contribution < 1.29 is 17.9 Å². The molecule has 156 valence electrons. The number of urea groups is 1. The molecule has 0 N–H and O–H groups in total. The molecule has 1 aliphatic rings. The predicted molar refractivity (Wildman–Crippen MR) is 111 cm³/mol. The molecule has 0 saturated carbocycles. The van der Waals surface area contributed by atoms with E-state index in [0.29, 0.717) is 11.3 Å². The Morgan fingerprint density at radius 3 is 2.17 bits per heavy atom. The zero-order chi connectivity index (χ0) is 21.3. The van der Waals surface area contributed by atoms with Gasteiger partial charge in [0, 0.05) is 26.7 Å². The molecule has 1 fully saturated rings. The first-order valence-electron chi connectivity index (χ1n) is 9.39. The number of benzene rings is 2. The van der Waals surface area contributed by atoms with E-state index in [9.17, 15) is 13.2 Å². The molecule has 0 radical (unpaired) electrons. The highest BCUT2D eigenvalue weighted by Crippen LogP contribution is 2.38. The van der Waals surface area contributed by atoms with Crippen LogP contribution in [0.15, 0.2) is 53.4 Å². The summed E-state index contributed by atoms with van der Waals surface area (Å²) in [7, 11) is 1.10. The van der Waals surface area contributed by atoms with E-state index in [-0.39, 0.29) is 23.5 Å². The molecule has 1 aliphatic heterocycles. The third-order valence-electron chi connectivity index (χ3n) is 5.10. The van der Waals surface area contributed by atoms with Crippen LogP contribution in [0.3, 0.4) is 0 Å². The summed E-state index contributed by atoms with van der Waals surface area (Å²) in [6.45, 7) is 3.99. The smallest absolute Gasteiger partial charge is 0.321 e. The second-order valence-electron chi connectivity index (χ2n) is 7.47. The molecule has 0 bridgehead atoms. The quantitative estimate of drug-likeness (QED) is 0.767. The summed E-state index contributed by atoms with van der Waals surface area (Å²) >= 11 is 0. The molecular weight excluding hydrogens is 390 g/mol. The van der Waals surface area contributed by atoms with Crippen molar-refractivity contribution in [2.24, 2.45) is 0 Å². The lowest BCUT2D eigenvalue weighted by atomic mass is 10.1. The van der Waals surface area contributed by atoms with Crippen molar-refractivity contribution in [1.82, 2.24) is 14.1 Å². The molecule has 0 spiro atoms. The average molecular weight is 418 g/mol. The fourth-order valence-electron chi connectivity index (χ4n) is 3.53. The van der Waals surface area contributed by atoms with E-state index < -0.39 is 16.2 Å². The maximum Gasteiger partial charge on any atom is 0.321 e. The Bertz CT molecular complexity index is 972. The summed E-state index contributed by atoms with van der Waals surface area (Å²) in [5.41, 5.74) is 1.69. The minimum absolute atomic E-state index is 0.215. The molecule has 29 heavy (non-hydrogen) atoms. The molecule has 0 aliphatic carbocycles. The fourth-order valence-corrected chi connectivity index (χ4v) is 5.18. The van der Waals surface area contributed by atoms with Crippen LogP contribution in [-0.2, 0) is 10.0 Å². The van der Waals surface area contributed by atoms with Crippen LogP contribution in [0.2, 0.25) is 0 Å². The van der Waals surface area contributed by atoms with Gasteiger partial charge in [-0.15, -0.1) is 0 Å². The zero-order valence-electron chi connectivity index (χ0n) is 17.4. The van der Waals surface area contributed by atoms with E-state index in [4.69, 9.17) is 4.74 Å². The monoisotopic (exact) mass is 417 g/mol. The molecule has 2 atom stereocenters. The maximum absolute atomic E-state index is 13.5. The van der Waals surface area contributed by atoms with E-state index in [1.807, 2.05) is 13.8 Å². The Hall–Kier alpha value is -2.58. The number of nitrogens with zero attached hydrogens (tertiary/aromatic N) is 3. The van der Waals surface area contributed by atoms with Crippen molar-refractivity contribution in [3.05, 3.63) is 59.7 Å². The molecule has 0 aromatic heterocycles. The molecule has 0 unspecified atom stereocenters. The Labute approximate surface area is 172 Å². The summed E-state index contributed by atoms with van der Waals surface area (Å²) in [5.74, 6) is 0.665. The first kappa shape index (κ1) is 21.1. The van der Waals surface area contributed by atoms with Crippen molar-refractivity contribution in [3.63, 3.8) is 0 Å². The second-order valence-corrected chi connectivity index (χ2v) is 9.36.